The van der Waals surface area contributed by atoms with Gasteiger partial charge in [0.25, 0.3) is 5.91 Å². The summed E-state index contributed by atoms with van der Waals surface area (Å²) in [5.74, 6) is -0.379. The minimum Gasteiger partial charge on any atom is -0.354 e. The number of hydrogen-bond donors (Lipinski definition) is 1. The summed E-state index contributed by atoms with van der Waals surface area (Å²) in [7, 11) is 0. The Morgan fingerprint density at radius 1 is 1.29 bits per heavy atom. The van der Waals surface area contributed by atoms with Gasteiger partial charge < -0.3 is 10.2 Å². The van der Waals surface area contributed by atoms with Crippen molar-refractivity contribution in [1.29, 1.82) is 0 Å². The zero-order valence-corrected chi connectivity index (χ0v) is 12.7. The predicted octanol–water partition coefficient (Wildman–Crippen LogP) is 3.64. The summed E-state index contributed by atoms with van der Waals surface area (Å²) in [4.78, 5) is 14.5. The molecule has 1 amide bonds. The lowest BCUT2D eigenvalue weighted by molar-refractivity contribution is -0.117. The smallest absolute Gasteiger partial charge is 0.251 e. The molecule has 1 unspecified atom stereocenters. The molecule has 1 N–H and O–H groups in total. The van der Waals surface area contributed by atoms with Gasteiger partial charge in [-0.3, -0.25) is 4.79 Å². The van der Waals surface area contributed by atoms with Gasteiger partial charge in [0.05, 0.1) is 15.8 Å². The van der Waals surface area contributed by atoms with E-state index in [0.29, 0.717) is 16.7 Å². The number of carbonyl (C=O) groups is 1. The number of nitrogens with one attached hydrogen (secondary N) is 1. The molecule has 2 aliphatic heterocycles. The second-order valence-electron chi connectivity index (χ2n) is 5.32. The van der Waals surface area contributed by atoms with Crippen LogP contribution in [0.4, 0.5) is 15.8 Å². The van der Waals surface area contributed by atoms with Crippen LogP contribution in [0.5, 0.6) is 0 Å². The first-order valence-corrected chi connectivity index (χ1v) is 7.59. The molecule has 5 heteroatoms. The Morgan fingerprint density at radius 2 is 2.10 bits per heavy atom. The maximum Gasteiger partial charge on any atom is 0.251 e. The zero-order valence-electron chi connectivity index (χ0n) is 11.1. The number of hydrogen-bond acceptors (Lipinski definition) is 2. The molecular formula is C16H12BrFN2O. The van der Waals surface area contributed by atoms with Gasteiger partial charge in [0.15, 0.2) is 0 Å². The van der Waals surface area contributed by atoms with E-state index >= 15 is 0 Å². The molecule has 2 aromatic rings. The van der Waals surface area contributed by atoms with E-state index < -0.39 is 0 Å². The first-order chi connectivity index (χ1) is 10.1. The number of halogens is 2. The molecule has 0 aliphatic carbocycles. The lowest BCUT2D eigenvalue weighted by atomic mass is 9.90. The largest absolute Gasteiger partial charge is 0.354 e. The van der Waals surface area contributed by atoms with Crippen LogP contribution in [-0.2, 0) is 11.2 Å². The Bertz CT molecular complexity index is 762. The van der Waals surface area contributed by atoms with Crippen LogP contribution in [0.1, 0.15) is 17.2 Å². The number of anilines is 2. The number of carbonyl (C=O) groups excluding carboxylic acids is 1. The quantitative estimate of drug-likeness (QED) is 0.789. The first kappa shape index (κ1) is 12.8. The number of rotatable bonds is 0. The molecule has 0 spiro atoms. The lowest BCUT2D eigenvalue weighted by Crippen LogP contribution is -2.45. The highest BCUT2D eigenvalue weighted by Gasteiger charge is 2.38. The molecule has 0 aromatic heterocycles. The van der Waals surface area contributed by atoms with Gasteiger partial charge in [0.2, 0.25) is 0 Å². The van der Waals surface area contributed by atoms with Gasteiger partial charge in [-0.2, -0.15) is 0 Å². The van der Waals surface area contributed by atoms with E-state index in [0.717, 1.165) is 17.7 Å². The van der Waals surface area contributed by atoms with Gasteiger partial charge in [0, 0.05) is 12.6 Å². The maximum atomic E-state index is 13.9. The molecule has 106 valence electrons. The number of benzene rings is 2. The van der Waals surface area contributed by atoms with E-state index in [1.165, 1.54) is 11.6 Å². The van der Waals surface area contributed by atoms with Crippen molar-refractivity contribution in [1.82, 2.24) is 0 Å². The summed E-state index contributed by atoms with van der Waals surface area (Å²) in [5, 5.41) is 2.89. The minimum absolute atomic E-state index is 0.0619. The van der Waals surface area contributed by atoms with Crippen molar-refractivity contribution < 1.29 is 9.18 Å². The van der Waals surface area contributed by atoms with E-state index in [4.69, 9.17) is 0 Å². The fourth-order valence-electron chi connectivity index (χ4n) is 3.18. The van der Waals surface area contributed by atoms with E-state index in [1.54, 1.807) is 6.07 Å². The molecule has 2 heterocycles. The Hall–Kier alpha value is -1.88. The normalized spacial score (nSPS) is 19.4. The van der Waals surface area contributed by atoms with Crippen LogP contribution >= 0.6 is 15.9 Å². The highest BCUT2D eigenvalue weighted by atomic mass is 79.9. The summed E-state index contributed by atoms with van der Waals surface area (Å²) in [6, 6.07) is 10.7. The van der Waals surface area contributed by atoms with Crippen molar-refractivity contribution in [3.8, 4) is 0 Å². The van der Waals surface area contributed by atoms with Gasteiger partial charge in [-0.1, -0.05) is 24.3 Å². The maximum absolute atomic E-state index is 13.9. The SMILES string of the molecule is O=C1Nc2cc(Br)c(F)cc2N2CCc3ccccc3C12. The van der Waals surface area contributed by atoms with E-state index in [1.807, 2.05) is 23.1 Å². The van der Waals surface area contributed by atoms with Crippen LogP contribution in [0.25, 0.3) is 0 Å². The van der Waals surface area contributed by atoms with Gasteiger partial charge in [0.1, 0.15) is 11.9 Å². The van der Waals surface area contributed by atoms with Crippen LogP contribution in [0.3, 0.4) is 0 Å². The molecule has 0 bridgehead atoms. The molecule has 0 saturated carbocycles. The highest BCUT2D eigenvalue weighted by molar-refractivity contribution is 9.10. The number of fused-ring (bicyclic) bond motifs is 5. The standard InChI is InChI=1S/C16H12BrFN2O/c17-11-7-13-14(8-12(11)18)20-6-5-9-3-1-2-4-10(9)15(20)16(21)19-13/h1-4,7-8,15H,5-6H2,(H,19,21). The van der Waals surface area contributed by atoms with Crippen LogP contribution in [0, 0.1) is 5.82 Å². The zero-order chi connectivity index (χ0) is 14.6. The average molecular weight is 347 g/mol. The van der Waals surface area contributed by atoms with Gasteiger partial charge in [-0.15, -0.1) is 0 Å². The molecular weight excluding hydrogens is 335 g/mol. The predicted molar refractivity (Wildman–Crippen MR) is 83.0 cm³/mol. The van der Waals surface area contributed by atoms with Crippen molar-refractivity contribution in [3.63, 3.8) is 0 Å². The number of nitrogens with zero attached hydrogens (tertiary/aromatic N) is 1. The number of amides is 1. The van der Waals surface area contributed by atoms with E-state index in [9.17, 15) is 9.18 Å². The Balaban J connectivity index is 1.89. The summed E-state index contributed by atoms with van der Waals surface area (Å²) in [6.07, 6.45) is 0.858. The fraction of sp³-hybridized carbons (Fsp3) is 0.188. The average Bonchev–Trinajstić information content (AvgIpc) is 2.49. The van der Waals surface area contributed by atoms with Crippen molar-refractivity contribution >= 4 is 33.2 Å². The van der Waals surface area contributed by atoms with Crippen molar-refractivity contribution in [2.75, 3.05) is 16.8 Å². The lowest BCUT2D eigenvalue weighted by Gasteiger charge is -2.42. The highest BCUT2D eigenvalue weighted by Crippen LogP contribution is 2.43. The van der Waals surface area contributed by atoms with E-state index in [-0.39, 0.29) is 17.8 Å². The second-order valence-corrected chi connectivity index (χ2v) is 6.17. The molecule has 0 saturated heterocycles. The molecule has 0 fully saturated rings. The van der Waals surface area contributed by atoms with Crippen LogP contribution < -0.4 is 10.2 Å². The summed E-state index contributed by atoms with van der Waals surface area (Å²) in [5.41, 5.74) is 3.60. The second kappa shape index (κ2) is 4.56. The van der Waals surface area contributed by atoms with Gasteiger partial charge >= 0.3 is 0 Å². The Kier molecular flexibility index (Phi) is 2.79. The van der Waals surface area contributed by atoms with Crippen molar-refractivity contribution in [2.24, 2.45) is 0 Å². The molecule has 4 rings (SSSR count). The molecule has 3 nitrogen and oxygen atoms in total. The monoisotopic (exact) mass is 346 g/mol. The minimum atomic E-state index is -0.372. The van der Waals surface area contributed by atoms with Crippen molar-refractivity contribution in [3.05, 3.63) is 57.8 Å². The van der Waals surface area contributed by atoms with Crippen LogP contribution in [-0.4, -0.2) is 12.5 Å². The Labute approximate surface area is 129 Å². The molecule has 2 aliphatic rings. The summed E-state index contributed by atoms with van der Waals surface area (Å²) in [6.45, 7) is 0.711. The van der Waals surface area contributed by atoms with Crippen LogP contribution in [0.15, 0.2) is 40.9 Å². The summed E-state index contributed by atoms with van der Waals surface area (Å²) < 4.78 is 14.2. The third-order valence-corrected chi connectivity index (χ3v) is 4.75. The molecule has 2 aromatic carbocycles. The first-order valence-electron chi connectivity index (χ1n) is 6.79. The van der Waals surface area contributed by atoms with Crippen molar-refractivity contribution in [2.45, 2.75) is 12.5 Å². The topological polar surface area (TPSA) is 32.3 Å². The third-order valence-electron chi connectivity index (χ3n) is 4.14. The molecule has 1 atom stereocenters. The van der Waals surface area contributed by atoms with Crippen LogP contribution in [0.2, 0.25) is 0 Å². The van der Waals surface area contributed by atoms with Gasteiger partial charge in [-0.05, 0) is 39.5 Å². The Morgan fingerprint density at radius 3 is 2.95 bits per heavy atom. The van der Waals surface area contributed by atoms with Gasteiger partial charge in [-0.25, -0.2) is 4.39 Å². The fourth-order valence-corrected chi connectivity index (χ4v) is 3.53. The van der Waals surface area contributed by atoms with E-state index in [2.05, 4.69) is 27.3 Å². The molecule has 0 radical (unpaired) electrons. The summed E-state index contributed by atoms with van der Waals surface area (Å²) >= 11 is 3.16. The molecule has 21 heavy (non-hydrogen) atoms. The third kappa shape index (κ3) is 1.87.